The number of nitriles is 3. The molecule has 0 aliphatic carbocycles. The molecule has 0 spiro atoms. The Kier molecular flexibility index (Phi) is 13.2. The molecule has 0 radical (unpaired) electrons. The van der Waals surface area contributed by atoms with Crippen molar-refractivity contribution in [2.75, 3.05) is 0 Å². The number of nitrogens with zero attached hydrogens (tertiary/aromatic N) is 9. The normalized spacial score (nSPS) is 11.3. The van der Waals surface area contributed by atoms with Crippen molar-refractivity contribution in [3.05, 3.63) is 325 Å². The maximum Gasteiger partial charge on any atom is 0.189 e. The van der Waals surface area contributed by atoms with Crippen LogP contribution in [-0.4, -0.2) is 23.7 Å². The Labute approximate surface area is 546 Å². The second-order valence-electron chi connectivity index (χ2n) is 23.8. The summed E-state index contributed by atoms with van der Waals surface area (Å²) in [7, 11) is 0. The highest BCUT2D eigenvalue weighted by Gasteiger charge is 2.25. The lowest BCUT2D eigenvalue weighted by atomic mass is 9.91. The van der Waals surface area contributed by atoms with Gasteiger partial charge >= 0.3 is 0 Å². The van der Waals surface area contributed by atoms with Crippen LogP contribution >= 0.6 is 0 Å². The second kappa shape index (κ2) is 22.7. The van der Waals surface area contributed by atoms with Gasteiger partial charge in [0.1, 0.15) is 0 Å². The summed E-state index contributed by atoms with van der Waals surface area (Å²) in [6.07, 6.45) is 0. The van der Waals surface area contributed by atoms with Crippen LogP contribution in [0.1, 0.15) is 16.7 Å². The van der Waals surface area contributed by atoms with Crippen molar-refractivity contribution in [3.8, 4) is 114 Å². The first-order valence-corrected chi connectivity index (χ1v) is 31.2. The molecule has 0 saturated carbocycles. The van der Waals surface area contributed by atoms with E-state index in [0.717, 1.165) is 134 Å². The third-order valence-electron chi connectivity index (χ3n) is 18.3. The Hall–Kier alpha value is -13.7. The Bertz CT molecular complexity index is 5640. The molecule has 0 N–H and O–H groups in total. The topological polar surface area (TPSA) is 116 Å². The van der Waals surface area contributed by atoms with E-state index in [1.165, 1.54) is 21.5 Å². The molecule has 0 aliphatic rings. The van der Waals surface area contributed by atoms with Crippen LogP contribution in [0.15, 0.2) is 297 Å². The molecule has 438 valence electrons. The first kappa shape index (κ1) is 55.4. The van der Waals surface area contributed by atoms with Gasteiger partial charge in [0.25, 0.3) is 0 Å². The Morgan fingerprint density at radius 2 is 0.663 bits per heavy atom. The van der Waals surface area contributed by atoms with E-state index in [9.17, 15) is 15.8 Å². The van der Waals surface area contributed by atoms with Crippen molar-refractivity contribution in [2.24, 2.45) is 0 Å². The third kappa shape index (κ3) is 9.45. The van der Waals surface area contributed by atoms with Crippen molar-refractivity contribution in [3.63, 3.8) is 0 Å². The molecule has 0 bridgehead atoms. The molecule has 0 amide bonds. The van der Waals surface area contributed by atoms with Crippen molar-refractivity contribution >= 4 is 71.1 Å². The van der Waals surface area contributed by atoms with Gasteiger partial charge in [0.15, 0.2) is 11.5 Å². The lowest BCUT2D eigenvalue weighted by Crippen LogP contribution is -2.03. The van der Waals surface area contributed by atoms with Crippen LogP contribution in [0.4, 0.5) is 5.69 Å². The largest absolute Gasteiger partial charge is 0.309 e. The standard InChI is InChI=1S/C86H49N9/c1-90-66-44-56(53-89)43-64(45-66)62-33-39-84-76(47-62)75-46-61(63-41-54(51-87)40-55(42-63)52-88)32-38-83(75)95(84)85-73(57-28-34-67(35-29-57)93-79-24-12-8-20-69(79)70-21-9-13-25-80(70)93)48-65(78-50-77(59-16-4-2-5-17-59)91-86(92-78)60-18-6-3-7-19-60)49-74(85)58-30-36-68(37-31-58)94-81-26-14-10-22-71(81)72-23-11-15-27-82(72)94/h2-50H. The predicted octanol–water partition coefficient (Wildman–Crippen LogP) is 21.6. The van der Waals surface area contributed by atoms with E-state index in [2.05, 4.69) is 261 Å². The fourth-order valence-electron chi connectivity index (χ4n) is 14.0. The Morgan fingerprint density at radius 3 is 1.11 bits per heavy atom. The number of fused-ring (bicyclic) bond motifs is 9. The summed E-state index contributed by atoms with van der Waals surface area (Å²) < 4.78 is 7.06. The first-order valence-electron chi connectivity index (χ1n) is 31.2. The Balaban J connectivity index is 0.985. The quantitative estimate of drug-likeness (QED) is 0.126. The number of benzene rings is 13. The van der Waals surface area contributed by atoms with Gasteiger partial charge in [-0.25, -0.2) is 14.8 Å². The maximum atomic E-state index is 10.2. The first-order chi connectivity index (χ1) is 46.9. The second-order valence-corrected chi connectivity index (χ2v) is 23.8. The van der Waals surface area contributed by atoms with Gasteiger partial charge in [-0.2, -0.15) is 15.8 Å². The molecule has 17 rings (SSSR count). The van der Waals surface area contributed by atoms with Crippen LogP contribution in [0, 0.1) is 40.6 Å². The minimum absolute atomic E-state index is 0.368. The highest BCUT2D eigenvalue weighted by Crippen LogP contribution is 2.47. The molecule has 0 aliphatic heterocycles. The van der Waals surface area contributed by atoms with E-state index in [0.29, 0.717) is 28.2 Å². The van der Waals surface area contributed by atoms with Crippen molar-refractivity contribution < 1.29 is 0 Å². The molecule has 4 heterocycles. The van der Waals surface area contributed by atoms with Crippen molar-refractivity contribution in [2.45, 2.75) is 0 Å². The number of rotatable bonds is 10. The zero-order valence-electron chi connectivity index (χ0n) is 50.8. The van der Waals surface area contributed by atoms with Crippen LogP contribution in [-0.2, 0) is 0 Å². The summed E-state index contributed by atoms with van der Waals surface area (Å²) in [6, 6.07) is 109. The molecule has 9 heteroatoms. The van der Waals surface area contributed by atoms with Gasteiger partial charge in [0.2, 0.25) is 0 Å². The SMILES string of the molecule is [C-]#[N+]c1cc(C#N)cc(-c2ccc3c(c2)c2cc(-c4cc(C#N)cc(C#N)c4)ccc2n3-c2c(-c3ccc(-n4c5ccccc5c5ccccc54)cc3)cc(-c3cc(-c4ccccc4)nc(-c4ccccc4)n3)cc2-c2ccc(-n3c4ccccc4c4ccccc43)cc2)c1. The van der Waals surface area contributed by atoms with Crippen LogP contribution < -0.4 is 0 Å². The van der Waals surface area contributed by atoms with Crippen LogP contribution in [0.2, 0.25) is 0 Å². The summed E-state index contributed by atoms with van der Waals surface area (Å²) in [5.41, 5.74) is 21.8. The zero-order valence-corrected chi connectivity index (χ0v) is 50.8. The molecule has 9 nitrogen and oxygen atoms in total. The summed E-state index contributed by atoms with van der Waals surface area (Å²) in [5, 5.41) is 37.2. The minimum atomic E-state index is 0.368. The van der Waals surface area contributed by atoms with Gasteiger partial charge < -0.3 is 13.7 Å². The van der Waals surface area contributed by atoms with Crippen LogP contribution in [0.5, 0.6) is 0 Å². The van der Waals surface area contributed by atoms with Crippen molar-refractivity contribution in [1.82, 2.24) is 23.7 Å². The number of para-hydroxylation sites is 4. The highest BCUT2D eigenvalue weighted by atomic mass is 15.0. The summed E-state index contributed by atoms with van der Waals surface area (Å²) in [6.45, 7) is 8.01. The highest BCUT2D eigenvalue weighted by molar-refractivity contribution is 6.14. The molecule has 0 unspecified atom stereocenters. The van der Waals surface area contributed by atoms with Gasteiger partial charge in [-0.15, -0.1) is 0 Å². The number of hydrogen-bond donors (Lipinski definition) is 0. The molecule has 95 heavy (non-hydrogen) atoms. The smallest absolute Gasteiger partial charge is 0.189 e. The van der Waals surface area contributed by atoms with Gasteiger partial charge in [0, 0.05) is 77.1 Å². The van der Waals surface area contributed by atoms with Gasteiger partial charge in [-0.3, -0.25) is 0 Å². The van der Waals surface area contributed by atoms with Crippen molar-refractivity contribution in [1.29, 1.82) is 15.8 Å². The van der Waals surface area contributed by atoms with Gasteiger partial charge in [0.05, 0.1) is 86.1 Å². The molecule has 13 aromatic carbocycles. The lowest BCUT2D eigenvalue weighted by molar-refractivity contribution is 1.16. The average Bonchev–Trinajstić information content (AvgIpc) is 1.66. The minimum Gasteiger partial charge on any atom is -0.309 e. The van der Waals surface area contributed by atoms with Crippen LogP contribution in [0.25, 0.3) is 166 Å². The molecule has 4 aromatic heterocycles. The maximum absolute atomic E-state index is 10.2. The molecule has 0 atom stereocenters. The molecular formula is C86H49N9. The number of aromatic nitrogens is 5. The monoisotopic (exact) mass is 1210 g/mol. The van der Waals surface area contributed by atoms with Gasteiger partial charge in [-0.05, 0) is 161 Å². The zero-order chi connectivity index (χ0) is 63.7. The summed E-state index contributed by atoms with van der Waals surface area (Å²) in [4.78, 5) is 14.5. The molecule has 0 saturated heterocycles. The average molecular weight is 1210 g/mol. The molecular weight excluding hydrogens is 1160 g/mol. The van der Waals surface area contributed by atoms with E-state index in [4.69, 9.17) is 16.5 Å². The Morgan fingerprint density at radius 1 is 0.284 bits per heavy atom. The number of hydrogen-bond acceptors (Lipinski definition) is 5. The summed E-state index contributed by atoms with van der Waals surface area (Å²) in [5.74, 6) is 0.597. The predicted molar refractivity (Wildman–Crippen MR) is 384 cm³/mol. The third-order valence-corrected chi connectivity index (χ3v) is 18.3. The van der Waals surface area contributed by atoms with Gasteiger partial charge in [-0.1, -0.05) is 170 Å². The van der Waals surface area contributed by atoms with E-state index >= 15 is 0 Å². The van der Waals surface area contributed by atoms with Crippen LogP contribution in [0.3, 0.4) is 0 Å². The van der Waals surface area contributed by atoms with E-state index in [1.807, 2.05) is 60.7 Å². The lowest BCUT2D eigenvalue weighted by Gasteiger charge is -2.22. The fraction of sp³-hybridized carbons (Fsp3) is 0. The fourth-order valence-corrected chi connectivity index (χ4v) is 14.0. The van der Waals surface area contributed by atoms with E-state index in [-0.39, 0.29) is 0 Å². The van der Waals surface area contributed by atoms with E-state index in [1.54, 1.807) is 12.1 Å². The molecule has 17 aromatic rings. The van der Waals surface area contributed by atoms with E-state index < -0.39 is 0 Å². The summed E-state index contributed by atoms with van der Waals surface area (Å²) >= 11 is 0. The molecule has 0 fully saturated rings.